The zero-order valence-corrected chi connectivity index (χ0v) is 44.9. The van der Waals surface area contributed by atoms with Gasteiger partial charge in [0, 0.05) is 24.3 Å². The second-order valence-corrected chi connectivity index (χ2v) is 18.6. The van der Waals surface area contributed by atoms with E-state index >= 15 is 0 Å². The Morgan fingerprint density at radius 3 is 0.650 bits per heavy atom. The second-order valence-electron chi connectivity index (χ2n) is 18.6. The molecule has 0 N–H and O–H groups in total. The van der Waals surface area contributed by atoms with Gasteiger partial charge >= 0.3 is 23.9 Å². The molecule has 410 valence electrons. The number of hydrogen-bond donors (Lipinski definition) is 0. The van der Waals surface area contributed by atoms with E-state index in [-0.39, 0.29) is 48.7 Å². The highest BCUT2D eigenvalue weighted by Gasteiger charge is 2.41. The third-order valence-corrected chi connectivity index (χ3v) is 13.7. The smallest absolute Gasteiger partial charge is 0.339 e. The van der Waals surface area contributed by atoms with Crippen LogP contribution in [0.2, 0.25) is 0 Å². The van der Waals surface area contributed by atoms with E-state index in [0.29, 0.717) is 89.8 Å². The van der Waals surface area contributed by atoms with E-state index < -0.39 is 36.1 Å². The first-order valence-corrected chi connectivity index (χ1v) is 24.9. The first-order chi connectivity index (χ1) is 38.8. The van der Waals surface area contributed by atoms with Gasteiger partial charge in [0.1, 0.15) is 84.6 Å². The quantitative estimate of drug-likeness (QED) is 0.0396. The van der Waals surface area contributed by atoms with Crippen LogP contribution in [0, 0.1) is 0 Å². The minimum absolute atomic E-state index is 0.0485. The van der Waals surface area contributed by atoms with E-state index in [4.69, 9.17) is 66.6 Å². The van der Waals surface area contributed by atoms with Crippen LogP contribution in [0.5, 0.6) is 46.0 Å². The van der Waals surface area contributed by atoms with E-state index in [1.165, 1.54) is 56.9 Å². The van der Waals surface area contributed by atoms with E-state index in [0.717, 1.165) is 22.3 Å². The zero-order valence-electron chi connectivity index (χ0n) is 44.9. The lowest BCUT2D eigenvalue weighted by molar-refractivity contribution is -0.360. The number of ether oxygens (including phenoxy) is 12. The number of rotatable bonds is 20. The summed E-state index contributed by atoms with van der Waals surface area (Å²) in [7, 11) is 12.1. The van der Waals surface area contributed by atoms with Crippen LogP contribution in [-0.4, -0.2) is 80.8 Å². The molecule has 8 aromatic carbocycles. The third-order valence-electron chi connectivity index (χ3n) is 13.7. The Labute approximate surface area is 459 Å². The number of carbonyl (C=O) groups is 4. The number of benzene rings is 8. The molecule has 0 fully saturated rings. The molecule has 0 aromatic heterocycles. The van der Waals surface area contributed by atoms with Crippen molar-refractivity contribution in [2.24, 2.45) is 0 Å². The Morgan fingerprint density at radius 2 is 0.475 bits per heavy atom. The fraction of sp³-hybridized carbons (Fsp3) is 0.226. The monoisotopic (exact) mass is 1090 g/mol. The van der Waals surface area contributed by atoms with Crippen molar-refractivity contribution in [3.63, 3.8) is 0 Å². The molecule has 0 atom stereocenters. The van der Waals surface area contributed by atoms with Gasteiger partial charge in [-0.1, -0.05) is 0 Å². The molecule has 0 saturated heterocycles. The molecule has 1 aliphatic carbocycles. The van der Waals surface area contributed by atoms with Crippen LogP contribution in [0.3, 0.4) is 0 Å². The van der Waals surface area contributed by atoms with Gasteiger partial charge in [0.25, 0.3) is 0 Å². The summed E-state index contributed by atoms with van der Waals surface area (Å²) in [5, 5.41) is 2.34. The lowest BCUT2D eigenvalue weighted by Gasteiger charge is -2.39. The summed E-state index contributed by atoms with van der Waals surface area (Å²) in [6.45, 7) is -0.703. The summed E-state index contributed by atoms with van der Waals surface area (Å²) in [6.07, 6.45) is -1.57. The molecule has 0 amide bonds. The summed E-state index contributed by atoms with van der Waals surface area (Å²) >= 11 is 0. The van der Waals surface area contributed by atoms with Gasteiger partial charge in [-0.3, -0.25) is 0 Å². The topological polar surface area (TPSA) is 197 Å². The zero-order chi connectivity index (χ0) is 56.2. The predicted molar refractivity (Wildman–Crippen MR) is 288 cm³/mol. The molecule has 18 nitrogen and oxygen atoms in total. The Hall–Kier alpha value is -9.52. The van der Waals surface area contributed by atoms with Crippen LogP contribution in [0.1, 0.15) is 98.1 Å². The van der Waals surface area contributed by atoms with E-state index in [2.05, 4.69) is 0 Å². The molecular formula is C62H54O18. The average molecular weight is 1090 g/mol. The molecule has 2 aliphatic heterocycles. The molecule has 2 heterocycles. The fourth-order valence-electron chi connectivity index (χ4n) is 9.71. The SMILES string of the molecule is COc1cc(COC(=O)c2cc3cc4c(cc3cc2C(=O)OCc2cc(OC)cc(OC)c2)C2OOC4c3cc4cc(C(=O)OCc5cc(OC)cc(OC)c5)c(C(=O)OCc5cc(OC)cc(OC)c5)cc4cc32)cc(OC)c1. The summed E-state index contributed by atoms with van der Waals surface area (Å²) < 4.78 is 66.8. The molecule has 0 spiro atoms. The van der Waals surface area contributed by atoms with E-state index in [9.17, 15) is 19.2 Å². The van der Waals surface area contributed by atoms with Gasteiger partial charge in [-0.2, -0.15) is 0 Å². The molecule has 0 radical (unpaired) electrons. The lowest BCUT2D eigenvalue weighted by atomic mass is 9.78. The van der Waals surface area contributed by atoms with E-state index in [1.807, 2.05) is 24.3 Å². The van der Waals surface area contributed by atoms with Gasteiger partial charge in [0.15, 0.2) is 0 Å². The standard InChI is InChI=1S/C62H54O18/c1-67-41-9-33(10-42(25-41)68-2)29-75-59(63)53-21-37-17-49-50(18-38(37)22-54(53)60(64)76-30-34-11-43(69-3)26-44(12-34)70-4)58-52-20-40-24-56(62(66)78-32-36-15-47(73-7)28-48(16-36)74-8)55(23-39(40)19-51(52)57(49)79-80-58)61(65)77-31-35-13-45(71-5)27-46(14-35)72-6/h9-28,57-58H,29-32H2,1-8H3. The Kier molecular flexibility index (Phi) is 15.6. The summed E-state index contributed by atoms with van der Waals surface area (Å²) in [6, 6.07) is 34.3. The van der Waals surface area contributed by atoms with Gasteiger partial charge in [-0.05, 0) is 163 Å². The average Bonchev–Trinajstić information content (AvgIpc) is 3.54. The Bertz CT molecular complexity index is 3170. The van der Waals surface area contributed by atoms with Crippen molar-refractivity contribution in [1.82, 2.24) is 0 Å². The van der Waals surface area contributed by atoms with Crippen molar-refractivity contribution >= 4 is 45.4 Å². The first kappa shape index (κ1) is 53.9. The fourth-order valence-corrected chi connectivity index (χ4v) is 9.71. The second kappa shape index (κ2) is 23.2. The van der Waals surface area contributed by atoms with Gasteiger partial charge in [-0.25, -0.2) is 29.0 Å². The van der Waals surface area contributed by atoms with Crippen molar-refractivity contribution in [2.75, 3.05) is 56.9 Å². The molecule has 3 aliphatic rings. The van der Waals surface area contributed by atoms with Crippen molar-refractivity contribution in [1.29, 1.82) is 0 Å². The van der Waals surface area contributed by atoms with Crippen LogP contribution in [0.25, 0.3) is 21.5 Å². The highest BCUT2D eigenvalue weighted by molar-refractivity contribution is 6.09. The molecule has 11 rings (SSSR count). The van der Waals surface area contributed by atoms with Gasteiger partial charge < -0.3 is 56.8 Å². The number of carbonyl (C=O) groups excluding carboxylic acids is 4. The number of fused-ring (bicyclic) bond motifs is 3. The normalized spacial score (nSPS) is 13.8. The maximum Gasteiger partial charge on any atom is 0.339 e. The van der Waals surface area contributed by atoms with Crippen molar-refractivity contribution < 1.29 is 85.8 Å². The number of esters is 4. The third kappa shape index (κ3) is 11.1. The maximum absolute atomic E-state index is 14.2. The summed E-state index contributed by atoms with van der Waals surface area (Å²) in [5.41, 5.74) is 5.06. The minimum Gasteiger partial charge on any atom is -0.497 e. The van der Waals surface area contributed by atoms with E-state index in [1.54, 1.807) is 97.1 Å². The Balaban J connectivity index is 1.01. The molecule has 0 saturated carbocycles. The van der Waals surface area contributed by atoms with Crippen LogP contribution >= 0.6 is 0 Å². The minimum atomic E-state index is -0.791. The largest absolute Gasteiger partial charge is 0.497 e. The molecule has 0 unspecified atom stereocenters. The Morgan fingerprint density at radius 1 is 0.287 bits per heavy atom. The summed E-state index contributed by atoms with van der Waals surface area (Å²) in [5.74, 6) is 0.816. The molecule has 80 heavy (non-hydrogen) atoms. The lowest BCUT2D eigenvalue weighted by Crippen LogP contribution is -2.28. The van der Waals surface area contributed by atoms with Crippen LogP contribution in [0.15, 0.2) is 121 Å². The van der Waals surface area contributed by atoms with Crippen LogP contribution in [-0.2, 0) is 55.2 Å². The highest BCUT2D eigenvalue weighted by Crippen LogP contribution is 2.52. The predicted octanol–water partition coefficient (Wildman–Crippen LogP) is 10.9. The number of methoxy groups -OCH3 is 8. The first-order valence-electron chi connectivity index (χ1n) is 24.9. The van der Waals surface area contributed by atoms with Crippen LogP contribution < -0.4 is 37.9 Å². The molecule has 18 heteroatoms. The van der Waals surface area contributed by atoms with Crippen molar-refractivity contribution in [3.8, 4) is 46.0 Å². The van der Waals surface area contributed by atoms with Crippen LogP contribution in [0.4, 0.5) is 0 Å². The van der Waals surface area contributed by atoms with Crippen molar-refractivity contribution in [2.45, 2.75) is 38.6 Å². The van der Waals surface area contributed by atoms with Gasteiger partial charge in [-0.15, -0.1) is 0 Å². The maximum atomic E-state index is 14.2. The van der Waals surface area contributed by atoms with Gasteiger partial charge in [0.2, 0.25) is 0 Å². The molecular weight excluding hydrogens is 1030 g/mol. The van der Waals surface area contributed by atoms with Crippen molar-refractivity contribution in [3.05, 3.63) is 188 Å². The highest BCUT2D eigenvalue weighted by atomic mass is 17.2. The number of hydrogen-bond acceptors (Lipinski definition) is 18. The molecule has 2 bridgehead atoms. The van der Waals surface area contributed by atoms with Gasteiger partial charge in [0.05, 0.1) is 79.1 Å². The molecule has 8 aromatic rings. The summed E-state index contributed by atoms with van der Waals surface area (Å²) in [4.78, 5) is 69.1.